The van der Waals surface area contributed by atoms with Gasteiger partial charge in [-0.15, -0.1) is 22.7 Å². The van der Waals surface area contributed by atoms with Gasteiger partial charge in [-0.2, -0.15) is 0 Å². The summed E-state index contributed by atoms with van der Waals surface area (Å²) >= 11 is 4.95. The molecule has 4 nitrogen and oxygen atoms in total. The number of carbonyl (C=O) groups is 1. The lowest BCUT2D eigenvalue weighted by atomic mass is 9.79. The van der Waals surface area contributed by atoms with Crippen molar-refractivity contribution in [2.24, 2.45) is 5.92 Å². The van der Waals surface area contributed by atoms with Crippen molar-refractivity contribution < 1.29 is 4.79 Å². The van der Waals surface area contributed by atoms with Crippen molar-refractivity contribution in [3.8, 4) is 0 Å². The lowest BCUT2D eigenvalue weighted by Crippen LogP contribution is -2.62. The fourth-order valence-corrected chi connectivity index (χ4v) is 7.00. The van der Waals surface area contributed by atoms with Gasteiger partial charge < -0.3 is 5.32 Å². The summed E-state index contributed by atoms with van der Waals surface area (Å²) in [6.45, 7) is 6.63. The van der Waals surface area contributed by atoms with Crippen LogP contribution >= 0.6 is 34.4 Å². The predicted molar refractivity (Wildman–Crippen MR) is 100 cm³/mol. The Balaban J connectivity index is 1.41. The van der Waals surface area contributed by atoms with Crippen LogP contribution in [-0.2, 0) is 0 Å². The first-order valence-electron chi connectivity index (χ1n) is 8.35. The van der Waals surface area contributed by atoms with Crippen LogP contribution in [0.15, 0.2) is 26.7 Å². The van der Waals surface area contributed by atoms with E-state index in [1.807, 2.05) is 25.3 Å². The Morgan fingerprint density at radius 1 is 1.29 bits per heavy atom. The molecular weight excluding hydrogens is 358 g/mol. The van der Waals surface area contributed by atoms with Crippen molar-refractivity contribution in [2.75, 3.05) is 13.1 Å². The van der Waals surface area contributed by atoms with Gasteiger partial charge in [0.15, 0.2) is 0 Å². The Hall–Kier alpha value is -0.890. The highest BCUT2D eigenvalue weighted by Crippen LogP contribution is 2.37. The number of thiophene rings is 1. The molecule has 2 aromatic rings. The molecule has 0 radical (unpaired) electrons. The number of hydrogen-bond donors (Lipinski definition) is 1. The smallest absolute Gasteiger partial charge is 0.261 e. The maximum Gasteiger partial charge on any atom is 0.261 e. The number of hydrogen-bond acceptors (Lipinski definition) is 6. The second-order valence-electron chi connectivity index (χ2n) is 6.53. The third-order valence-corrected chi connectivity index (χ3v) is 8.31. The molecule has 2 atom stereocenters. The molecule has 1 amide bonds. The predicted octanol–water partition coefficient (Wildman–Crippen LogP) is 3.88. The molecule has 0 saturated carbocycles. The van der Waals surface area contributed by atoms with Crippen LogP contribution < -0.4 is 5.32 Å². The molecule has 3 fully saturated rings. The number of carbonyl (C=O) groups excluding carboxylic acids is 1. The number of nitrogens with one attached hydrogen (secondary N) is 1. The van der Waals surface area contributed by atoms with Crippen molar-refractivity contribution >= 4 is 40.3 Å². The van der Waals surface area contributed by atoms with Crippen LogP contribution in [0.4, 0.5) is 0 Å². The summed E-state index contributed by atoms with van der Waals surface area (Å²) in [7, 11) is 0. The molecule has 3 aliphatic rings. The Bertz CT molecular complexity index is 731. The van der Waals surface area contributed by atoms with Gasteiger partial charge in [0.2, 0.25) is 0 Å². The van der Waals surface area contributed by atoms with Crippen molar-refractivity contribution in [3.05, 3.63) is 28.2 Å². The summed E-state index contributed by atoms with van der Waals surface area (Å²) in [5.74, 6) is 0.723. The quantitative estimate of drug-likeness (QED) is 0.876. The molecule has 128 valence electrons. The third kappa shape index (κ3) is 3.27. The number of thiazole rings is 1. The summed E-state index contributed by atoms with van der Waals surface area (Å²) < 4.78 is 2.32. The lowest BCUT2D eigenvalue weighted by Gasteiger charge is -2.49. The molecule has 0 aliphatic carbocycles. The molecule has 0 spiro atoms. The van der Waals surface area contributed by atoms with Crippen LogP contribution in [0.1, 0.15) is 34.4 Å². The van der Waals surface area contributed by atoms with E-state index < -0.39 is 0 Å². The topological polar surface area (TPSA) is 45.2 Å². The molecule has 24 heavy (non-hydrogen) atoms. The van der Waals surface area contributed by atoms with Gasteiger partial charge in [0, 0.05) is 12.1 Å². The second kappa shape index (κ2) is 6.78. The van der Waals surface area contributed by atoms with Gasteiger partial charge in [-0.05, 0) is 57.8 Å². The third-order valence-electron chi connectivity index (χ3n) is 5.08. The number of aryl methyl sites for hydroxylation is 1. The average Bonchev–Trinajstić information content (AvgIpc) is 3.21. The van der Waals surface area contributed by atoms with Crippen LogP contribution in [0.2, 0.25) is 0 Å². The summed E-state index contributed by atoms with van der Waals surface area (Å²) in [5.41, 5.74) is 0. The van der Waals surface area contributed by atoms with Crippen LogP contribution in [0.5, 0.6) is 0 Å². The van der Waals surface area contributed by atoms with Crippen molar-refractivity contribution in [1.82, 2.24) is 15.2 Å². The monoisotopic (exact) mass is 379 g/mol. The summed E-state index contributed by atoms with van der Waals surface area (Å²) in [6.07, 6.45) is 4.33. The highest BCUT2D eigenvalue weighted by atomic mass is 32.2. The molecule has 0 aromatic carbocycles. The van der Waals surface area contributed by atoms with E-state index in [2.05, 4.69) is 22.1 Å². The molecule has 7 heteroatoms. The SMILES string of the molecule is Cc1ncc(Sc2ccc(C(=O)NC3C4CCN(CC4)C3C)s2)s1. The van der Waals surface area contributed by atoms with Crippen molar-refractivity contribution in [1.29, 1.82) is 0 Å². The fourth-order valence-electron chi connectivity index (χ4n) is 3.75. The molecule has 2 bridgehead atoms. The minimum atomic E-state index is 0.0814. The minimum absolute atomic E-state index is 0.0814. The number of fused-ring (bicyclic) bond motifs is 3. The summed E-state index contributed by atoms with van der Waals surface area (Å²) in [6, 6.07) is 4.74. The zero-order valence-corrected chi connectivity index (χ0v) is 16.3. The standard InChI is InChI=1S/C17H21N3OS3/c1-10-16(12-5-7-20(10)8-6-12)19-17(21)13-3-4-14(23-13)24-15-9-18-11(2)22-15/h3-4,9-10,12,16H,5-8H2,1-2H3,(H,19,21). The number of amides is 1. The van der Waals surface area contributed by atoms with E-state index in [-0.39, 0.29) is 5.91 Å². The van der Waals surface area contributed by atoms with Crippen LogP contribution in [0.25, 0.3) is 0 Å². The number of nitrogens with zero attached hydrogens (tertiary/aromatic N) is 2. The highest BCUT2D eigenvalue weighted by molar-refractivity contribution is 8.02. The fraction of sp³-hybridized carbons (Fsp3) is 0.529. The largest absolute Gasteiger partial charge is 0.347 e. The van der Waals surface area contributed by atoms with Gasteiger partial charge in [0.25, 0.3) is 5.91 Å². The minimum Gasteiger partial charge on any atom is -0.347 e. The Morgan fingerprint density at radius 2 is 2.08 bits per heavy atom. The van der Waals surface area contributed by atoms with Gasteiger partial charge >= 0.3 is 0 Å². The molecule has 3 aliphatic heterocycles. The van der Waals surface area contributed by atoms with E-state index in [1.165, 1.54) is 30.1 Å². The van der Waals surface area contributed by atoms with Gasteiger partial charge in [-0.1, -0.05) is 11.8 Å². The first kappa shape index (κ1) is 16.6. The zero-order chi connectivity index (χ0) is 16.7. The molecule has 5 heterocycles. The van der Waals surface area contributed by atoms with E-state index in [1.54, 1.807) is 34.4 Å². The first-order valence-corrected chi connectivity index (χ1v) is 10.8. The summed E-state index contributed by atoms with van der Waals surface area (Å²) in [5, 5.41) is 4.38. The van der Waals surface area contributed by atoms with E-state index in [0.717, 1.165) is 14.1 Å². The Kier molecular flexibility index (Phi) is 4.68. The number of piperidine rings is 3. The normalized spacial score (nSPS) is 28.9. The van der Waals surface area contributed by atoms with Gasteiger partial charge in [-0.25, -0.2) is 4.98 Å². The molecular formula is C17H21N3OS3. The average molecular weight is 380 g/mol. The summed E-state index contributed by atoms with van der Waals surface area (Å²) in [4.78, 5) is 20.3. The van der Waals surface area contributed by atoms with Crippen molar-refractivity contribution in [2.45, 2.75) is 47.2 Å². The highest BCUT2D eigenvalue weighted by Gasteiger charge is 2.40. The van der Waals surface area contributed by atoms with E-state index in [4.69, 9.17) is 0 Å². The van der Waals surface area contributed by atoms with E-state index in [9.17, 15) is 4.79 Å². The first-order chi connectivity index (χ1) is 11.6. The molecule has 2 aromatic heterocycles. The van der Waals surface area contributed by atoms with E-state index in [0.29, 0.717) is 18.0 Å². The van der Waals surface area contributed by atoms with Gasteiger partial charge in [0.1, 0.15) is 0 Å². The molecule has 2 unspecified atom stereocenters. The molecule has 5 rings (SSSR count). The second-order valence-corrected chi connectivity index (χ2v) is 10.5. The number of aromatic nitrogens is 1. The van der Waals surface area contributed by atoms with E-state index >= 15 is 0 Å². The molecule has 3 saturated heterocycles. The van der Waals surface area contributed by atoms with Gasteiger partial charge in [0.05, 0.1) is 24.5 Å². The van der Waals surface area contributed by atoms with Crippen molar-refractivity contribution in [3.63, 3.8) is 0 Å². The molecule has 1 N–H and O–H groups in total. The zero-order valence-electron chi connectivity index (χ0n) is 13.8. The Morgan fingerprint density at radius 3 is 2.75 bits per heavy atom. The van der Waals surface area contributed by atoms with Crippen LogP contribution in [-0.4, -0.2) is 41.0 Å². The van der Waals surface area contributed by atoms with Crippen LogP contribution in [0.3, 0.4) is 0 Å². The number of rotatable bonds is 4. The Labute approximate surface area is 154 Å². The maximum atomic E-state index is 12.7. The lowest BCUT2D eigenvalue weighted by molar-refractivity contribution is 0.0218. The van der Waals surface area contributed by atoms with Crippen LogP contribution in [0, 0.1) is 12.8 Å². The maximum absolute atomic E-state index is 12.7. The van der Waals surface area contributed by atoms with Gasteiger partial charge in [-0.3, -0.25) is 9.69 Å².